The molecule has 24 heavy (non-hydrogen) atoms. The van der Waals surface area contributed by atoms with Gasteiger partial charge in [0.15, 0.2) is 11.5 Å². The van der Waals surface area contributed by atoms with Crippen molar-refractivity contribution in [2.24, 2.45) is 5.92 Å². The van der Waals surface area contributed by atoms with Crippen molar-refractivity contribution >= 4 is 5.91 Å². The van der Waals surface area contributed by atoms with Crippen molar-refractivity contribution in [1.82, 2.24) is 10.6 Å². The lowest BCUT2D eigenvalue weighted by Gasteiger charge is -2.21. The molecule has 0 unspecified atom stereocenters. The van der Waals surface area contributed by atoms with Crippen LogP contribution in [0.1, 0.15) is 37.7 Å². The second-order valence-corrected chi connectivity index (χ2v) is 6.42. The van der Waals surface area contributed by atoms with Gasteiger partial charge in [-0.3, -0.25) is 4.79 Å². The van der Waals surface area contributed by atoms with Crippen LogP contribution in [0.4, 0.5) is 0 Å². The summed E-state index contributed by atoms with van der Waals surface area (Å²) in [5.41, 5.74) is 1.16. The molecule has 0 heterocycles. The van der Waals surface area contributed by atoms with Gasteiger partial charge in [-0.05, 0) is 49.4 Å². The van der Waals surface area contributed by atoms with E-state index in [1.54, 1.807) is 14.2 Å². The minimum Gasteiger partial charge on any atom is -0.493 e. The summed E-state index contributed by atoms with van der Waals surface area (Å²) in [4.78, 5) is 11.9. The molecule has 1 aliphatic carbocycles. The summed E-state index contributed by atoms with van der Waals surface area (Å²) in [6.07, 6.45) is 7.33. The van der Waals surface area contributed by atoms with Crippen LogP contribution in [-0.4, -0.2) is 39.8 Å². The molecule has 2 N–H and O–H groups in total. The second kappa shape index (κ2) is 10.2. The zero-order valence-corrected chi connectivity index (χ0v) is 14.9. The number of hydrogen-bond acceptors (Lipinski definition) is 4. The van der Waals surface area contributed by atoms with E-state index in [4.69, 9.17) is 9.47 Å². The number of nitrogens with one attached hydrogen (secondary N) is 2. The topological polar surface area (TPSA) is 59.6 Å². The SMILES string of the molecule is COc1ccc(CCNCC(=O)NCC2CCCCC2)cc1OC. The van der Waals surface area contributed by atoms with Crippen LogP contribution < -0.4 is 20.1 Å². The van der Waals surface area contributed by atoms with E-state index >= 15 is 0 Å². The molecule has 1 aromatic carbocycles. The molecule has 0 aromatic heterocycles. The molecule has 5 nitrogen and oxygen atoms in total. The monoisotopic (exact) mass is 334 g/mol. The van der Waals surface area contributed by atoms with Crippen molar-refractivity contribution < 1.29 is 14.3 Å². The van der Waals surface area contributed by atoms with Gasteiger partial charge in [0, 0.05) is 6.54 Å². The molecule has 0 radical (unpaired) electrons. The molecular weight excluding hydrogens is 304 g/mol. The third-order valence-electron chi connectivity index (χ3n) is 4.64. The van der Waals surface area contributed by atoms with Gasteiger partial charge in [-0.1, -0.05) is 25.3 Å². The van der Waals surface area contributed by atoms with Crippen LogP contribution in [0.3, 0.4) is 0 Å². The van der Waals surface area contributed by atoms with Gasteiger partial charge in [0.05, 0.1) is 20.8 Å². The molecule has 0 bridgehead atoms. The summed E-state index contributed by atoms with van der Waals surface area (Å²) >= 11 is 0. The number of carbonyl (C=O) groups is 1. The van der Waals surface area contributed by atoms with Crippen molar-refractivity contribution in [3.8, 4) is 11.5 Å². The van der Waals surface area contributed by atoms with Crippen molar-refractivity contribution in [3.05, 3.63) is 23.8 Å². The third kappa shape index (κ3) is 6.04. The number of benzene rings is 1. The Morgan fingerprint density at radius 3 is 2.58 bits per heavy atom. The van der Waals surface area contributed by atoms with E-state index in [0.29, 0.717) is 12.5 Å². The molecule has 1 amide bonds. The van der Waals surface area contributed by atoms with Gasteiger partial charge in [-0.2, -0.15) is 0 Å². The fraction of sp³-hybridized carbons (Fsp3) is 0.632. The van der Waals surface area contributed by atoms with Gasteiger partial charge in [0.1, 0.15) is 0 Å². The molecule has 1 aliphatic rings. The molecule has 1 saturated carbocycles. The summed E-state index contributed by atoms with van der Waals surface area (Å²) in [5.74, 6) is 2.24. The highest BCUT2D eigenvalue weighted by Gasteiger charge is 2.14. The van der Waals surface area contributed by atoms with Crippen LogP contribution in [0.5, 0.6) is 11.5 Å². The maximum atomic E-state index is 11.9. The largest absolute Gasteiger partial charge is 0.493 e. The van der Waals surface area contributed by atoms with Gasteiger partial charge < -0.3 is 20.1 Å². The highest BCUT2D eigenvalue weighted by molar-refractivity contribution is 5.77. The van der Waals surface area contributed by atoms with Crippen LogP contribution in [0.25, 0.3) is 0 Å². The first kappa shape index (κ1) is 18.6. The Morgan fingerprint density at radius 1 is 1.12 bits per heavy atom. The van der Waals surface area contributed by atoms with Gasteiger partial charge in [-0.15, -0.1) is 0 Å². The van der Waals surface area contributed by atoms with Gasteiger partial charge in [0.2, 0.25) is 5.91 Å². The average Bonchev–Trinajstić information content (AvgIpc) is 2.64. The Kier molecular flexibility index (Phi) is 7.89. The Balaban J connectivity index is 1.62. The zero-order valence-electron chi connectivity index (χ0n) is 14.9. The molecule has 0 atom stereocenters. The molecule has 5 heteroatoms. The predicted octanol–water partition coefficient (Wildman–Crippen LogP) is 2.53. The van der Waals surface area contributed by atoms with Crippen LogP contribution >= 0.6 is 0 Å². The van der Waals surface area contributed by atoms with E-state index in [1.807, 2.05) is 18.2 Å². The summed E-state index contributed by atoms with van der Waals surface area (Å²) in [5, 5.41) is 6.25. The number of amides is 1. The van der Waals surface area contributed by atoms with Crippen LogP contribution in [0.15, 0.2) is 18.2 Å². The maximum Gasteiger partial charge on any atom is 0.233 e. The fourth-order valence-corrected chi connectivity index (χ4v) is 3.18. The lowest BCUT2D eigenvalue weighted by Crippen LogP contribution is -2.37. The van der Waals surface area contributed by atoms with Gasteiger partial charge in [-0.25, -0.2) is 0 Å². The standard InChI is InChI=1S/C19H30N2O3/c1-23-17-9-8-15(12-18(17)24-2)10-11-20-14-19(22)21-13-16-6-4-3-5-7-16/h8-9,12,16,20H,3-7,10-11,13-14H2,1-2H3,(H,21,22). The van der Waals surface area contributed by atoms with E-state index in [-0.39, 0.29) is 5.91 Å². The minimum atomic E-state index is 0.0906. The molecule has 1 aromatic rings. The van der Waals surface area contributed by atoms with E-state index in [2.05, 4.69) is 10.6 Å². The molecule has 1 fully saturated rings. The highest BCUT2D eigenvalue weighted by Crippen LogP contribution is 2.27. The third-order valence-corrected chi connectivity index (χ3v) is 4.64. The first-order valence-electron chi connectivity index (χ1n) is 8.91. The summed E-state index contributed by atoms with van der Waals surface area (Å²) in [6.45, 7) is 1.96. The Hall–Kier alpha value is -1.75. The molecular formula is C19H30N2O3. The number of rotatable bonds is 9. The maximum absolute atomic E-state index is 11.9. The van der Waals surface area contributed by atoms with Crippen molar-refractivity contribution in [1.29, 1.82) is 0 Å². The lowest BCUT2D eigenvalue weighted by molar-refractivity contribution is -0.120. The smallest absolute Gasteiger partial charge is 0.233 e. The summed E-state index contributed by atoms with van der Waals surface area (Å²) < 4.78 is 10.5. The molecule has 0 saturated heterocycles. The fourth-order valence-electron chi connectivity index (χ4n) is 3.18. The molecule has 2 rings (SSSR count). The Morgan fingerprint density at radius 2 is 1.88 bits per heavy atom. The zero-order chi connectivity index (χ0) is 17.2. The normalized spacial score (nSPS) is 15.1. The number of methoxy groups -OCH3 is 2. The number of ether oxygens (including phenoxy) is 2. The van der Waals surface area contributed by atoms with Crippen molar-refractivity contribution in [2.75, 3.05) is 33.9 Å². The first-order valence-corrected chi connectivity index (χ1v) is 8.91. The van der Waals surface area contributed by atoms with Gasteiger partial charge in [0.25, 0.3) is 0 Å². The van der Waals surface area contributed by atoms with Crippen molar-refractivity contribution in [3.63, 3.8) is 0 Å². The van der Waals surface area contributed by atoms with Crippen molar-refractivity contribution in [2.45, 2.75) is 38.5 Å². The number of hydrogen-bond donors (Lipinski definition) is 2. The van der Waals surface area contributed by atoms with E-state index < -0.39 is 0 Å². The molecule has 0 spiro atoms. The molecule has 134 valence electrons. The van der Waals surface area contributed by atoms with Crippen LogP contribution in [-0.2, 0) is 11.2 Å². The lowest BCUT2D eigenvalue weighted by atomic mass is 9.89. The van der Waals surface area contributed by atoms with E-state index in [1.165, 1.54) is 32.1 Å². The van der Waals surface area contributed by atoms with E-state index in [9.17, 15) is 4.79 Å². The highest BCUT2D eigenvalue weighted by atomic mass is 16.5. The minimum absolute atomic E-state index is 0.0906. The number of carbonyl (C=O) groups excluding carboxylic acids is 1. The second-order valence-electron chi connectivity index (χ2n) is 6.42. The summed E-state index contributed by atoms with van der Waals surface area (Å²) in [7, 11) is 3.27. The van der Waals surface area contributed by atoms with E-state index in [0.717, 1.165) is 36.6 Å². The van der Waals surface area contributed by atoms with Crippen LogP contribution in [0, 0.1) is 5.92 Å². The molecule has 0 aliphatic heterocycles. The quantitative estimate of drug-likeness (QED) is 0.681. The Bertz CT molecular complexity index is 513. The Labute approximate surface area is 145 Å². The predicted molar refractivity (Wildman–Crippen MR) is 95.7 cm³/mol. The van der Waals surface area contributed by atoms with Crippen LogP contribution in [0.2, 0.25) is 0 Å². The summed E-state index contributed by atoms with van der Waals surface area (Å²) in [6, 6.07) is 5.90. The average molecular weight is 334 g/mol. The first-order chi connectivity index (χ1) is 11.7. The van der Waals surface area contributed by atoms with Gasteiger partial charge >= 0.3 is 0 Å².